The molecule has 0 bridgehead atoms. The zero-order chi connectivity index (χ0) is 50.9. The van der Waals surface area contributed by atoms with Gasteiger partial charge in [0, 0.05) is 49.7 Å². The van der Waals surface area contributed by atoms with E-state index in [1.54, 1.807) is 76.7 Å². The monoisotopic (exact) mass is 995 g/mol. The molecule has 0 atom stereocenters. The molecule has 3 amide bonds. The number of hydrogen-bond donors (Lipinski definition) is 8. The highest BCUT2D eigenvalue weighted by Gasteiger charge is 2.20. The van der Waals surface area contributed by atoms with E-state index in [9.17, 15) is 28.3 Å². The number of ether oxygens (including phenoxy) is 2. The summed E-state index contributed by atoms with van der Waals surface area (Å²) in [5.74, 6) is -1.58. The Morgan fingerprint density at radius 3 is 1.56 bits per heavy atom. The van der Waals surface area contributed by atoms with Gasteiger partial charge in [0.1, 0.15) is 17.1 Å². The maximum Gasteiger partial charge on any atom is 0.288 e. The van der Waals surface area contributed by atoms with Gasteiger partial charge in [0.05, 0.1) is 62.6 Å². The summed E-state index contributed by atoms with van der Waals surface area (Å²) in [6, 6.07) is 28.7. The highest BCUT2D eigenvalue weighted by atomic mass is 19.1. The van der Waals surface area contributed by atoms with Crippen molar-refractivity contribution >= 4 is 64.0 Å². The van der Waals surface area contributed by atoms with Crippen molar-refractivity contribution < 1.29 is 37.7 Å². The van der Waals surface area contributed by atoms with Crippen LogP contribution in [-0.2, 0) is 15.9 Å². The molecule has 7 aromatic rings. The number of aromatic nitrogens is 6. The fourth-order valence-corrected chi connectivity index (χ4v) is 7.35. The van der Waals surface area contributed by atoms with E-state index in [1.807, 2.05) is 43.3 Å². The van der Waals surface area contributed by atoms with Crippen molar-refractivity contribution in [1.82, 2.24) is 46.1 Å². The number of aromatic hydroxyl groups is 1. The van der Waals surface area contributed by atoms with Crippen molar-refractivity contribution in [3.05, 3.63) is 162 Å². The average molecular weight is 996 g/mol. The number of amides is 3. The van der Waals surface area contributed by atoms with Gasteiger partial charge in [-0.3, -0.25) is 36.1 Å². The lowest BCUT2D eigenvalue weighted by Crippen LogP contribution is -2.38. The number of carbonyl (C=O) groups is 3. The summed E-state index contributed by atoms with van der Waals surface area (Å²) >= 11 is 0. The maximum absolute atomic E-state index is 14.2. The van der Waals surface area contributed by atoms with Gasteiger partial charge in [0.2, 0.25) is 11.9 Å². The van der Waals surface area contributed by atoms with Gasteiger partial charge >= 0.3 is 0 Å². The number of rotatable bonds is 16. The predicted molar refractivity (Wildman–Crippen MR) is 269 cm³/mol. The molecule has 376 valence electrons. The lowest BCUT2D eigenvalue weighted by atomic mass is 10.0. The Hall–Kier alpha value is -9.09. The molecule has 9 rings (SSSR count). The Bertz CT molecular complexity index is 2980. The van der Waals surface area contributed by atoms with Crippen molar-refractivity contribution in [3.8, 4) is 5.75 Å². The van der Waals surface area contributed by atoms with Gasteiger partial charge in [0.15, 0.2) is 23.3 Å². The number of phenols is 1. The van der Waals surface area contributed by atoms with Crippen LogP contribution in [0.3, 0.4) is 0 Å². The van der Waals surface area contributed by atoms with Crippen LogP contribution < -0.4 is 47.5 Å². The number of pyridine rings is 2. The first-order valence-corrected chi connectivity index (χ1v) is 23.1. The Balaban J connectivity index is 0.000000196. The molecule has 0 aliphatic carbocycles. The minimum absolute atomic E-state index is 0.0515. The summed E-state index contributed by atoms with van der Waals surface area (Å²) in [5, 5.41) is 18.9. The number of hydrazine groups is 2. The van der Waals surface area contributed by atoms with Crippen molar-refractivity contribution in [1.29, 1.82) is 0 Å². The molecule has 0 spiro atoms. The first-order valence-electron chi connectivity index (χ1n) is 23.1. The molecule has 3 aromatic carbocycles. The Morgan fingerprint density at radius 1 is 0.575 bits per heavy atom. The molecule has 6 heterocycles. The SMILES string of the molecule is CCNC(=O)c1ccc(Nc2ccc(C(=O)NNc3ncc(F)c(N4CCOCC4)n3)nc2)cc1.O=C(NNc1ncc(F)c(N2CCOCC2)n1)c1ccc(Nc2cccc(Cc3cccc(O)c3)c2)cn1. The second-order valence-corrected chi connectivity index (χ2v) is 16.2. The molecule has 0 radical (unpaired) electrons. The smallest absolute Gasteiger partial charge is 0.288 e. The normalized spacial score (nSPS) is 13.1. The molecule has 2 aliphatic rings. The fraction of sp³-hybridized carbons (Fsp3) is 0.220. The molecule has 2 aliphatic heterocycles. The summed E-state index contributed by atoms with van der Waals surface area (Å²) < 4.78 is 38.9. The largest absolute Gasteiger partial charge is 0.508 e. The minimum atomic E-state index is -0.549. The van der Waals surface area contributed by atoms with Crippen LogP contribution in [0.4, 0.5) is 55.1 Å². The summed E-state index contributed by atoms with van der Waals surface area (Å²) in [6.45, 7) is 6.45. The molecule has 73 heavy (non-hydrogen) atoms. The van der Waals surface area contributed by atoms with Crippen LogP contribution in [0.2, 0.25) is 0 Å². The minimum Gasteiger partial charge on any atom is -0.508 e. The fourth-order valence-electron chi connectivity index (χ4n) is 7.35. The Kier molecular flexibility index (Phi) is 17.0. The highest BCUT2D eigenvalue weighted by molar-refractivity contribution is 5.95. The van der Waals surface area contributed by atoms with E-state index in [2.05, 4.69) is 67.6 Å². The van der Waals surface area contributed by atoms with E-state index in [-0.39, 0.29) is 46.6 Å². The van der Waals surface area contributed by atoms with Gasteiger partial charge in [-0.1, -0.05) is 24.3 Å². The molecule has 2 saturated heterocycles. The maximum atomic E-state index is 14.2. The zero-order valence-corrected chi connectivity index (χ0v) is 39.4. The molecular weight excluding hydrogens is 945 g/mol. The third-order valence-corrected chi connectivity index (χ3v) is 10.9. The topological polar surface area (TPSA) is 258 Å². The van der Waals surface area contributed by atoms with Crippen LogP contribution in [0.15, 0.2) is 122 Å². The average Bonchev–Trinajstić information content (AvgIpc) is 3.42. The first-order chi connectivity index (χ1) is 35.6. The molecule has 21 nitrogen and oxygen atoms in total. The molecular formula is C50H51F2N15O6. The molecule has 2 fully saturated rings. The third kappa shape index (κ3) is 14.3. The lowest BCUT2D eigenvalue weighted by Gasteiger charge is -2.28. The van der Waals surface area contributed by atoms with E-state index in [1.165, 1.54) is 6.20 Å². The van der Waals surface area contributed by atoms with Gasteiger partial charge in [-0.25, -0.2) is 28.7 Å². The molecule has 8 N–H and O–H groups in total. The number of halogens is 2. The van der Waals surface area contributed by atoms with Crippen LogP contribution >= 0.6 is 0 Å². The van der Waals surface area contributed by atoms with E-state index in [0.29, 0.717) is 82.5 Å². The van der Waals surface area contributed by atoms with Crippen molar-refractivity contribution in [2.75, 3.05) is 90.4 Å². The number of anilines is 8. The van der Waals surface area contributed by atoms with Gasteiger partial charge in [0.25, 0.3) is 17.7 Å². The number of nitrogens with zero attached hydrogens (tertiary/aromatic N) is 8. The van der Waals surface area contributed by atoms with E-state index < -0.39 is 23.4 Å². The number of phenolic OH excluding ortho intramolecular Hbond substituents is 1. The first kappa shape index (κ1) is 50.3. The summed E-state index contributed by atoms with van der Waals surface area (Å²) in [5.41, 5.74) is 16.2. The highest BCUT2D eigenvalue weighted by Crippen LogP contribution is 2.23. The zero-order valence-electron chi connectivity index (χ0n) is 39.4. The third-order valence-electron chi connectivity index (χ3n) is 10.9. The lowest BCUT2D eigenvalue weighted by molar-refractivity contribution is 0.0948. The van der Waals surface area contributed by atoms with Crippen LogP contribution in [0.25, 0.3) is 0 Å². The van der Waals surface area contributed by atoms with Crippen molar-refractivity contribution in [2.24, 2.45) is 0 Å². The quantitative estimate of drug-likeness (QED) is 0.0537. The molecule has 0 unspecified atom stereocenters. The number of hydrogen-bond acceptors (Lipinski definition) is 18. The summed E-state index contributed by atoms with van der Waals surface area (Å²) in [6.07, 6.45) is 5.86. The molecule has 0 saturated carbocycles. The van der Waals surface area contributed by atoms with Crippen LogP contribution in [-0.4, -0.2) is 112 Å². The van der Waals surface area contributed by atoms with E-state index >= 15 is 0 Å². The number of morpholine rings is 2. The Labute approximate surface area is 417 Å². The summed E-state index contributed by atoms with van der Waals surface area (Å²) in [4.78, 5) is 64.8. The van der Waals surface area contributed by atoms with Crippen molar-refractivity contribution in [2.45, 2.75) is 13.3 Å². The molecule has 4 aromatic heterocycles. The predicted octanol–water partition coefficient (Wildman–Crippen LogP) is 5.74. The van der Waals surface area contributed by atoms with Gasteiger partial charge in [-0.15, -0.1) is 0 Å². The number of benzene rings is 3. The van der Waals surface area contributed by atoms with Gasteiger partial charge in [-0.05, 0) is 97.3 Å². The van der Waals surface area contributed by atoms with Crippen molar-refractivity contribution in [3.63, 3.8) is 0 Å². The van der Waals surface area contributed by atoms with Gasteiger partial charge in [-0.2, -0.15) is 9.97 Å². The van der Waals surface area contributed by atoms with Crippen LogP contribution in [0, 0.1) is 11.6 Å². The van der Waals surface area contributed by atoms with Crippen LogP contribution in [0.5, 0.6) is 5.75 Å². The van der Waals surface area contributed by atoms with E-state index in [4.69, 9.17) is 9.47 Å². The second kappa shape index (κ2) is 24.6. The second-order valence-electron chi connectivity index (χ2n) is 16.2. The van der Waals surface area contributed by atoms with Gasteiger partial charge < -0.3 is 40.3 Å². The number of carbonyl (C=O) groups excluding carboxylic acids is 3. The number of nitrogens with one attached hydrogen (secondary N) is 7. The van der Waals surface area contributed by atoms with E-state index in [0.717, 1.165) is 34.9 Å². The Morgan fingerprint density at radius 2 is 1.07 bits per heavy atom. The summed E-state index contributed by atoms with van der Waals surface area (Å²) in [7, 11) is 0. The molecule has 23 heteroatoms. The van der Waals surface area contributed by atoms with Crippen LogP contribution in [0.1, 0.15) is 49.4 Å². The standard InChI is InChI=1S/C27H26FN7O3.C23H25FN8O3/c28-23-17-30-27(32-25(23)35-9-11-38-12-10-35)34-33-26(37)24-8-7-21(16-29-24)31-20-5-1-3-18(14-20)13-19-4-2-6-22(36)15-19;1-2-25-21(33)15-3-5-16(6-4-15)28-17-7-8-19(26-13-17)22(34)30-31-23-27-14-18(24)20(29-23)32-9-11-35-12-10-32/h1-8,14-17,31,36H,9-13H2,(H,33,37)(H,30,32,34);3-8,13-14,28H,2,9-12H2,1H3,(H,25,33)(H,30,34)(H,27,29,31).